The van der Waals surface area contributed by atoms with Gasteiger partial charge < -0.3 is 20.1 Å². The number of carbonyl (C=O) groups is 1. The van der Waals surface area contributed by atoms with E-state index in [1.54, 1.807) is 0 Å². The molecular weight excluding hydrogens is 866 g/mol. The summed E-state index contributed by atoms with van der Waals surface area (Å²) < 4.78 is 33.6. The van der Waals surface area contributed by atoms with Crippen LogP contribution in [0.4, 0.5) is 0 Å². The van der Waals surface area contributed by atoms with Gasteiger partial charge in [-0.2, -0.15) is 0 Å². The summed E-state index contributed by atoms with van der Waals surface area (Å²) >= 11 is 0. The topological polar surface area (TPSA) is 117 Å². The van der Waals surface area contributed by atoms with Crippen LogP contribution in [-0.4, -0.2) is 49.9 Å². The van der Waals surface area contributed by atoms with Gasteiger partial charge in [0.15, 0.2) is 0 Å². The van der Waals surface area contributed by atoms with Crippen LogP contribution in [0.25, 0.3) is 0 Å². The number of nitrogens with two attached hydrogens (primary N) is 1. The van der Waals surface area contributed by atoms with Crippen molar-refractivity contribution >= 4 is 13.8 Å². The summed E-state index contributed by atoms with van der Waals surface area (Å²) in [7, 11) is -4.30. The van der Waals surface area contributed by atoms with Crippen molar-refractivity contribution < 1.29 is 32.8 Å². The zero-order valence-electron chi connectivity index (χ0n) is 43.3. The normalized spacial score (nSPS) is 14.2. The lowest BCUT2D eigenvalue weighted by Crippen LogP contribution is -2.28. The van der Waals surface area contributed by atoms with E-state index >= 15 is 0 Å². The van der Waals surface area contributed by atoms with Crippen molar-refractivity contribution in [2.75, 3.05) is 33.0 Å². The minimum atomic E-state index is -4.30. The molecule has 0 aromatic rings. The summed E-state index contributed by atoms with van der Waals surface area (Å²) in [6, 6.07) is 0. The molecule has 0 aromatic carbocycles. The third-order valence-corrected chi connectivity index (χ3v) is 11.9. The highest BCUT2D eigenvalue weighted by molar-refractivity contribution is 7.47. The van der Waals surface area contributed by atoms with Gasteiger partial charge in [0, 0.05) is 19.6 Å². The Morgan fingerprint density at radius 3 is 1.16 bits per heavy atom. The quantitative estimate of drug-likeness (QED) is 0.0268. The smallest absolute Gasteiger partial charge is 0.457 e. The molecule has 0 radical (unpaired) electrons. The molecule has 0 saturated carbocycles. The van der Waals surface area contributed by atoms with E-state index in [0.717, 1.165) is 116 Å². The van der Waals surface area contributed by atoms with Crippen LogP contribution < -0.4 is 5.73 Å². The minimum Gasteiger partial charge on any atom is -0.457 e. The highest BCUT2D eigenvalue weighted by Crippen LogP contribution is 2.43. The van der Waals surface area contributed by atoms with Gasteiger partial charge in [-0.15, -0.1) is 0 Å². The summed E-state index contributed by atoms with van der Waals surface area (Å²) in [5.41, 5.74) is 5.40. The van der Waals surface area contributed by atoms with Gasteiger partial charge in [-0.3, -0.25) is 13.8 Å². The highest BCUT2D eigenvalue weighted by atomic mass is 31.2. The van der Waals surface area contributed by atoms with Gasteiger partial charge in [0.25, 0.3) is 0 Å². The summed E-state index contributed by atoms with van der Waals surface area (Å²) in [5.74, 6) is -0.344. The number of rotatable bonds is 50. The van der Waals surface area contributed by atoms with Crippen LogP contribution in [0.3, 0.4) is 0 Å². The Kier molecular flexibility index (Phi) is 52.3. The fourth-order valence-electron chi connectivity index (χ4n) is 6.99. The number of esters is 1. The molecule has 2 unspecified atom stereocenters. The van der Waals surface area contributed by atoms with Gasteiger partial charge in [-0.25, -0.2) is 4.57 Å². The molecule has 0 saturated heterocycles. The molecular formula is C59H100NO7P. The molecule has 0 rings (SSSR count). The molecule has 0 aliphatic rings. The predicted molar refractivity (Wildman–Crippen MR) is 293 cm³/mol. The Hall–Kier alpha value is -3.10. The van der Waals surface area contributed by atoms with Gasteiger partial charge in [0.2, 0.25) is 0 Å². The molecule has 3 N–H and O–H groups in total. The zero-order valence-corrected chi connectivity index (χ0v) is 44.2. The molecule has 0 fully saturated rings. The monoisotopic (exact) mass is 966 g/mol. The average Bonchev–Trinajstić information content (AvgIpc) is 3.33. The average molecular weight is 966 g/mol. The van der Waals surface area contributed by atoms with E-state index in [4.69, 9.17) is 24.3 Å². The Balaban J connectivity index is 4.00. The standard InChI is InChI=1S/C59H100NO7P/c1-3-5-7-9-11-13-15-17-19-21-23-25-27-29-30-32-34-36-38-40-42-44-46-48-50-52-59(61)67-58(57-66-68(62,63)65-55-53-60)56-64-54-51-49-47-45-43-41-39-37-35-33-31-28-26-24-22-20-18-16-14-12-10-8-6-4-2/h5-8,11-14,17-20,23-26,29-31,33,58H,3-4,9-10,15-16,21-22,27-28,32,34-57,60H2,1-2H3,(H,62,63)/b7-5-,8-6-,13-11-,14-12-,19-17-,20-18-,25-23-,26-24-,30-29-,33-31-. The lowest BCUT2D eigenvalue weighted by Gasteiger charge is -2.20. The molecule has 0 aliphatic heterocycles. The lowest BCUT2D eigenvalue weighted by molar-refractivity contribution is -0.154. The second-order valence-electron chi connectivity index (χ2n) is 17.3. The SMILES string of the molecule is CC/C=C\C/C=C\C/C=C\C/C=C\C/C=C\CCCCCCCCCCCC(=O)OC(COCCCCCCCCCC/C=C\C/C=C\C/C=C\C/C=C\C/C=C\CC)COP(=O)(O)OCCN. The van der Waals surface area contributed by atoms with E-state index in [-0.39, 0.29) is 32.3 Å². The van der Waals surface area contributed by atoms with Crippen molar-refractivity contribution in [3.63, 3.8) is 0 Å². The number of allylic oxidation sites excluding steroid dienone is 20. The van der Waals surface area contributed by atoms with Gasteiger partial charge in [0.05, 0.1) is 19.8 Å². The Morgan fingerprint density at radius 2 is 0.779 bits per heavy atom. The number of carbonyl (C=O) groups excluding carboxylic acids is 1. The Labute approximate surface area is 417 Å². The lowest BCUT2D eigenvalue weighted by atomic mass is 10.1. The third-order valence-electron chi connectivity index (χ3n) is 10.9. The molecule has 9 heteroatoms. The molecule has 8 nitrogen and oxygen atoms in total. The van der Waals surface area contributed by atoms with Crippen LogP contribution in [0.15, 0.2) is 122 Å². The van der Waals surface area contributed by atoms with Crippen molar-refractivity contribution in [3.05, 3.63) is 122 Å². The van der Waals surface area contributed by atoms with Crippen molar-refractivity contribution in [1.29, 1.82) is 0 Å². The van der Waals surface area contributed by atoms with E-state index in [1.807, 2.05) is 0 Å². The van der Waals surface area contributed by atoms with E-state index in [0.29, 0.717) is 13.0 Å². The molecule has 0 aliphatic carbocycles. The first-order valence-electron chi connectivity index (χ1n) is 27.0. The van der Waals surface area contributed by atoms with Gasteiger partial charge in [0.1, 0.15) is 6.10 Å². The first-order valence-corrected chi connectivity index (χ1v) is 28.5. The van der Waals surface area contributed by atoms with E-state index in [2.05, 4.69) is 135 Å². The highest BCUT2D eigenvalue weighted by Gasteiger charge is 2.25. The number of ether oxygens (including phenoxy) is 2. The maximum absolute atomic E-state index is 12.7. The number of hydrogen-bond donors (Lipinski definition) is 2. The maximum atomic E-state index is 12.7. The summed E-state index contributed by atoms with van der Waals surface area (Å²) in [4.78, 5) is 22.7. The van der Waals surface area contributed by atoms with Crippen molar-refractivity contribution in [2.24, 2.45) is 5.73 Å². The maximum Gasteiger partial charge on any atom is 0.472 e. The van der Waals surface area contributed by atoms with E-state index < -0.39 is 13.9 Å². The molecule has 2 atom stereocenters. The zero-order chi connectivity index (χ0) is 49.4. The predicted octanol–water partition coefficient (Wildman–Crippen LogP) is 17.3. The summed E-state index contributed by atoms with van der Waals surface area (Å²) in [6.45, 7) is 4.65. The number of hydrogen-bond acceptors (Lipinski definition) is 7. The molecule has 68 heavy (non-hydrogen) atoms. The first kappa shape index (κ1) is 64.9. The number of phosphoric acid groups is 1. The minimum absolute atomic E-state index is 0.0909. The second-order valence-corrected chi connectivity index (χ2v) is 18.8. The summed E-state index contributed by atoms with van der Waals surface area (Å²) in [5, 5.41) is 0. The van der Waals surface area contributed by atoms with Gasteiger partial charge in [-0.05, 0) is 103 Å². The van der Waals surface area contributed by atoms with Gasteiger partial charge >= 0.3 is 13.8 Å². The second kappa shape index (κ2) is 54.8. The van der Waals surface area contributed by atoms with Crippen molar-refractivity contribution in [3.8, 4) is 0 Å². The van der Waals surface area contributed by atoms with Crippen LogP contribution in [0.5, 0.6) is 0 Å². The van der Waals surface area contributed by atoms with E-state index in [1.165, 1.54) is 70.6 Å². The van der Waals surface area contributed by atoms with E-state index in [9.17, 15) is 14.3 Å². The van der Waals surface area contributed by atoms with Crippen LogP contribution in [0, 0.1) is 0 Å². The summed E-state index contributed by atoms with van der Waals surface area (Å²) in [6.07, 6.45) is 76.6. The molecule has 0 heterocycles. The third kappa shape index (κ3) is 53.8. The van der Waals surface area contributed by atoms with Crippen LogP contribution in [-0.2, 0) is 27.9 Å². The van der Waals surface area contributed by atoms with Crippen molar-refractivity contribution in [1.82, 2.24) is 0 Å². The number of unbranched alkanes of at least 4 members (excludes halogenated alkanes) is 17. The molecule has 0 aromatic heterocycles. The van der Waals surface area contributed by atoms with Crippen LogP contribution in [0.1, 0.15) is 206 Å². The fourth-order valence-corrected chi connectivity index (χ4v) is 7.76. The van der Waals surface area contributed by atoms with Crippen LogP contribution in [0.2, 0.25) is 0 Å². The molecule has 0 spiro atoms. The Morgan fingerprint density at radius 1 is 0.441 bits per heavy atom. The Bertz CT molecular complexity index is 1460. The van der Waals surface area contributed by atoms with Gasteiger partial charge in [-0.1, -0.05) is 219 Å². The van der Waals surface area contributed by atoms with Crippen LogP contribution >= 0.6 is 7.82 Å². The molecule has 0 bridgehead atoms. The first-order chi connectivity index (χ1) is 33.4. The molecule has 0 amide bonds. The largest absolute Gasteiger partial charge is 0.472 e. The molecule has 388 valence electrons. The number of phosphoric ester groups is 1. The van der Waals surface area contributed by atoms with Crippen molar-refractivity contribution in [2.45, 2.75) is 213 Å². The fraction of sp³-hybridized carbons (Fsp3) is 0.644.